The van der Waals surface area contributed by atoms with Gasteiger partial charge in [0.25, 0.3) is 0 Å². The lowest BCUT2D eigenvalue weighted by Gasteiger charge is -2.36. The first-order chi connectivity index (χ1) is 10.7. The van der Waals surface area contributed by atoms with Crippen molar-refractivity contribution in [2.24, 2.45) is 0 Å². The molecule has 0 spiro atoms. The van der Waals surface area contributed by atoms with Crippen LogP contribution in [0.5, 0.6) is 0 Å². The molecule has 1 aliphatic rings. The van der Waals surface area contributed by atoms with E-state index in [0.717, 1.165) is 26.5 Å². The molecule has 1 heterocycles. The van der Waals surface area contributed by atoms with Gasteiger partial charge in [0.1, 0.15) is 5.60 Å². The number of rotatable bonds is 1. The third kappa shape index (κ3) is 1.92. The molecular weight excluding hydrogens is 288 g/mol. The largest absolute Gasteiger partial charge is 0.376 e. The summed E-state index contributed by atoms with van der Waals surface area (Å²) in [6.07, 6.45) is 0. The Kier molecular flexibility index (Phi) is 3.10. The number of aliphatic hydroxyl groups is 1. The lowest BCUT2D eigenvalue weighted by molar-refractivity contribution is 0.118. The van der Waals surface area contributed by atoms with Crippen LogP contribution in [0.4, 0.5) is 0 Å². The van der Waals surface area contributed by atoms with Gasteiger partial charge in [-0.05, 0) is 24.6 Å². The van der Waals surface area contributed by atoms with Gasteiger partial charge in [-0.3, -0.25) is 0 Å². The first-order valence-electron chi connectivity index (χ1n) is 7.36. The summed E-state index contributed by atoms with van der Waals surface area (Å²) in [5.41, 5.74) is 2.94. The van der Waals surface area contributed by atoms with Gasteiger partial charge < -0.3 is 5.11 Å². The molecule has 0 aliphatic carbocycles. The van der Waals surface area contributed by atoms with Gasteiger partial charge in [-0.2, -0.15) is 0 Å². The second-order valence-corrected chi connectivity index (χ2v) is 6.75. The molecule has 3 aromatic carbocycles. The average molecular weight is 304 g/mol. The minimum atomic E-state index is -1.09. The van der Waals surface area contributed by atoms with Crippen LogP contribution in [-0.2, 0) is 5.60 Å². The highest BCUT2D eigenvalue weighted by Gasteiger charge is 2.40. The fourth-order valence-electron chi connectivity index (χ4n) is 3.08. The van der Waals surface area contributed by atoms with Crippen molar-refractivity contribution in [1.82, 2.24) is 0 Å². The molecule has 1 N–H and O–H groups in total. The average Bonchev–Trinajstić information content (AvgIpc) is 2.56. The molecule has 108 valence electrons. The molecule has 0 atom stereocenters. The van der Waals surface area contributed by atoms with Crippen LogP contribution in [0.2, 0.25) is 0 Å². The van der Waals surface area contributed by atoms with Gasteiger partial charge in [0.15, 0.2) is 0 Å². The van der Waals surface area contributed by atoms with Gasteiger partial charge in [0.2, 0.25) is 0 Å². The van der Waals surface area contributed by atoms with Gasteiger partial charge in [-0.1, -0.05) is 78.0 Å². The molecule has 0 saturated heterocycles. The topological polar surface area (TPSA) is 20.2 Å². The van der Waals surface area contributed by atoms with Crippen LogP contribution in [0.15, 0.2) is 82.6 Å². The normalized spacial score (nSPS) is 15.0. The van der Waals surface area contributed by atoms with E-state index in [0.29, 0.717) is 0 Å². The van der Waals surface area contributed by atoms with E-state index in [2.05, 4.69) is 31.2 Å². The Labute approximate surface area is 134 Å². The SMILES string of the molecule is Cc1ccc(C2(O)c3ccccc3Sc3ccccc32)cc1. The monoisotopic (exact) mass is 304 g/mol. The molecule has 0 amide bonds. The summed E-state index contributed by atoms with van der Waals surface area (Å²) >= 11 is 1.72. The third-order valence-electron chi connectivity index (χ3n) is 4.24. The van der Waals surface area contributed by atoms with Crippen LogP contribution in [0.25, 0.3) is 0 Å². The molecule has 0 radical (unpaired) electrons. The van der Waals surface area contributed by atoms with Crippen LogP contribution in [-0.4, -0.2) is 5.11 Å². The Morgan fingerprint density at radius 1 is 0.727 bits per heavy atom. The van der Waals surface area contributed by atoms with E-state index < -0.39 is 5.60 Å². The third-order valence-corrected chi connectivity index (χ3v) is 5.39. The van der Waals surface area contributed by atoms with Crippen molar-refractivity contribution in [3.63, 3.8) is 0 Å². The molecule has 0 saturated carbocycles. The van der Waals surface area contributed by atoms with Crippen LogP contribution >= 0.6 is 11.8 Å². The second kappa shape index (κ2) is 5.01. The Balaban J connectivity index is 2.03. The minimum Gasteiger partial charge on any atom is -0.376 e. The van der Waals surface area contributed by atoms with Crippen molar-refractivity contribution in [3.8, 4) is 0 Å². The zero-order valence-electron chi connectivity index (χ0n) is 12.3. The van der Waals surface area contributed by atoms with Crippen molar-refractivity contribution >= 4 is 11.8 Å². The van der Waals surface area contributed by atoms with E-state index in [1.807, 2.05) is 48.5 Å². The van der Waals surface area contributed by atoms with E-state index >= 15 is 0 Å². The van der Waals surface area contributed by atoms with E-state index in [1.54, 1.807) is 11.8 Å². The molecule has 0 unspecified atom stereocenters. The summed E-state index contributed by atoms with van der Waals surface area (Å²) in [5, 5.41) is 11.7. The highest BCUT2D eigenvalue weighted by atomic mass is 32.2. The molecule has 0 bridgehead atoms. The molecule has 22 heavy (non-hydrogen) atoms. The molecule has 0 aromatic heterocycles. The first kappa shape index (κ1) is 13.6. The highest BCUT2D eigenvalue weighted by Crippen LogP contribution is 2.50. The number of aryl methyl sites for hydroxylation is 1. The summed E-state index contributed by atoms with van der Waals surface area (Å²) in [4.78, 5) is 2.23. The van der Waals surface area contributed by atoms with Crippen LogP contribution in [0.1, 0.15) is 22.3 Å². The molecule has 1 nitrogen and oxygen atoms in total. The Morgan fingerprint density at radius 2 is 1.23 bits per heavy atom. The summed E-state index contributed by atoms with van der Waals surface area (Å²) in [6.45, 7) is 2.06. The maximum absolute atomic E-state index is 11.7. The summed E-state index contributed by atoms with van der Waals surface area (Å²) in [6, 6.07) is 24.4. The van der Waals surface area contributed by atoms with Crippen LogP contribution in [0, 0.1) is 6.92 Å². The van der Waals surface area contributed by atoms with Gasteiger partial charge in [0, 0.05) is 20.9 Å². The predicted octanol–water partition coefficient (Wildman–Crippen LogP) is 4.74. The molecule has 2 heteroatoms. The number of hydrogen-bond acceptors (Lipinski definition) is 2. The standard InChI is InChI=1S/C20H16OS/c1-14-10-12-15(13-11-14)20(21)16-6-2-4-8-18(16)22-19-9-5-3-7-17(19)20/h2-13,21H,1H3. The smallest absolute Gasteiger partial charge is 0.142 e. The molecule has 0 fully saturated rings. The Bertz CT molecular complexity index is 791. The van der Waals surface area contributed by atoms with E-state index in [9.17, 15) is 5.11 Å². The number of hydrogen-bond donors (Lipinski definition) is 1. The highest BCUT2D eigenvalue weighted by molar-refractivity contribution is 7.99. The van der Waals surface area contributed by atoms with Gasteiger partial charge in [0.05, 0.1) is 0 Å². The Hall–Kier alpha value is -2.03. The van der Waals surface area contributed by atoms with Crippen molar-refractivity contribution in [2.45, 2.75) is 22.3 Å². The van der Waals surface area contributed by atoms with Gasteiger partial charge >= 0.3 is 0 Å². The second-order valence-electron chi connectivity index (χ2n) is 5.67. The zero-order valence-corrected chi connectivity index (χ0v) is 13.1. The number of fused-ring (bicyclic) bond motifs is 2. The van der Waals surface area contributed by atoms with E-state index in [1.165, 1.54) is 5.56 Å². The lowest BCUT2D eigenvalue weighted by Crippen LogP contribution is -2.32. The maximum Gasteiger partial charge on any atom is 0.142 e. The molecule has 3 aromatic rings. The Morgan fingerprint density at radius 3 is 1.77 bits per heavy atom. The maximum atomic E-state index is 11.7. The van der Waals surface area contributed by atoms with E-state index in [-0.39, 0.29) is 0 Å². The zero-order chi connectivity index (χ0) is 15.2. The van der Waals surface area contributed by atoms with Crippen molar-refractivity contribution in [1.29, 1.82) is 0 Å². The molecular formula is C20H16OS. The fourth-order valence-corrected chi connectivity index (χ4v) is 4.26. The quantitative estimate of drug-likeness (QED) is 0.700. The number of benzene rings is 3. The minimum absolute atomic E-state index is 0.915. The summed E-state index contributed by atoms with van der Waals surface area (Å²) < 4.78 is 0. The summed E-state index contributed by atoms with van der Waals surface area (Å²) in [7, 11) is 0. The fraction of sp³-hybridized carbons (Fsp3) is 0.100. The first-order valence-corrected chi connectivity index (χ1v) is 8.17. The van der Waals surface area contributed by atoms with Crippen molar-refractivity contribution < 1.29 is 5.11 Å². The van der Waals surface area contributed by atoms with Gasteiger partial charge in [-0.25, -0.2) is 0 Å². The van der Waals surface area contributed by atoms with Crippen LogP contribution in [0.3, 0.4) is 0 Å². The van der Waals surface area contributed by atoms with E-state index in [4.69, 9.17) is 0 Å². The summed E-state index contributed by atoms with van der Waals surface area (Å²) in [5.74, 6) is 0. The van der Waals surface area contributed by atoms with Crippen molar-refractivity contribution in [2.75, 3.05) is 0 Å². The van der Waals surface area contributed by atoms with Crippen molar-refractivity contribution in [3.05, 3.63) is 95.1 Å². The van der Waals surface area contributed by atoms with Gasteiger partial charge in [-0.15, -0.1) is 0 Å². The molecule has 1 aliphatic heterocycles. The molecule has 4 rings (SSSR count). The lowest BCUT2D eigenvalue weighted by atomic mass is 9.80. The van der Waals surface area contributed by atoms with Crippen LogP contribution < -0.4 is 0 Å². The predicted molar refractivity (Wildman–Crippen MR) is 90.3 cm³/mol.